The summed E-state index contributed by atoms with van der Waals surface area (Å²) in [7, 11) is 0. The third kappa shape index (κ3) is 3.68. The average molecular weight is 359 g/mol. The maximum atomic E-state index is 12.3. The van der Waals surface area contributed by atoms with Crippen LogP contribution in [0.2, 0.25) is 0 Å². The third-order valence-electron chi connectivity index (χ3n) is 5.10. The van der Waals surface area contributed by atoms with Gasteiger partial charge in [-0.3, -0.25) is 24.2 Å². The second-order valence-corrected chi connectivity index (χ2v) is 7.24. The first-order valence-electron chi connectivity index (χ1n) is 8.73. The van der Waals surface area contributed by atoms with Crippen molar-refractivity contribution in [3.05, 3.63) is 39.3 Å². The molecule has 0 radical (unpaired) electrons. The van der Waals surface area contributed by atoms with Gasteiger partial charge in [-0.15, -0.1) is 5.10 Å². The number of aromatic amines is 2. The predicted octanol–water partition coefficient (Wildman–Crippen LogP) is -0.780. The minimum absolute atomic E-state index is 0.0164. The van der Waals surface area contributed by atoms with Crippen molar-refractivity contribution in [3.63, 3.8) is 0 Å². The van der Waals surface area contributed by atoms with E-state index in [-0.39, 0.29) is 17.4 Å². The Morgan fingerprint density at radius 1 is 1.35 bits per heavy atom. The van der Waals surface area contributed by atoms with Crippen molar-refractivity contribution in [2.75, 3.05) is 18.0 Å². The standard InChI is InChI=1S/C16H21N7O3/c24-13(1-5-23-6-4-17-21-23)18-11-8-16(2-3-16)10-22(9-11)12-7-14(25)20-15(26)19-12/h4,6-7,11H,1-3,5,8-10H2,(H,18,24)(H2,19,20,25,26). The molecule has 2 aromatic rings. The van der Waals surface area contributed by atoms with Crippen molar-refractivity contribution < 1.29 is 4.79 Å². The SMILES string of the molecule is O=C(CCn1ccnn1)NC1CN(c2cc(=O)[nH]c(=O)[nH]2)CC2(CC2)C1. The molecule has 1 atom stereocenters. The molecule has 1 saturated carbocycles. The first-order chi connectivity index (χ1) is 12.5. The van der Waals surface area contributed by atoms with E-state index < -0.39 is 11.2 Å². The zero-order valence-electron chi connectivity index (χ0n) is 14.3. The zero-order valence-corrected chi connectivity index (χ0v) is 14.3. The van der Waals surface area contributed by atoms with Crippen molar-refractivity contribution in [3.8, 4) is 0 Å². The summed E-state index contributed by atoms with van der Waals surface area (Å²) in [6, 6.07) is 1.38. The van der Waals surface area contributed by atoms with E-state index in [2.05, 4.69) is 25.6 Å². The van der Waals surface area contributed by atoms with Gasteiger partial charge in [-0.1, -0.05) is 5.21 Å². The number of aromatic nitrogens is 5. The van der Waals surface area contributed by atoms with E-state index in [1.54, 1.807) is 17.1 Å². The molecule has 3 heterocycles. The molecule has 2 fully saturated rings. The normalized spacial score (nSPS) is 20.9. The van der Waals surface area contributed by atoms with Gasteiger partial charge >= 0.3 is 5.69 Å². The number of rotatable bonds is 5. The first-order valence-corrected chi connectivity index (χ1v) is 8.73. The van der Waals surface area contributed by atoms with Crippen LogP contribution in [0, 0.1) is 5.41 Å². The summed E-state index contributed by atoms with van der Waals surface area (Å²) in [4.78, 5) is 42.3. The number of amides is 1. The van der Waals surface area contributed by atoms with Crippen molar-refractivity contribution in [2.24, 2.45) is 5.41 Å². The lowest BCUT2D eigenvalue weighted by Gasteiger charge is -2.39. The molecular weight excluding hydrogens is 338 g/mol. The number of carbonyl (C=O) groups excluding carboxylic acids is 1. The number of nitrogens with zero attached hydrogens (tertiary/aromatic N) is 4. The van der Waals surface area contributed by atoms with E-state index in [1.807, 2.05) is 4.90 Å². The molecule has 1 unspecified atom stereocenters. The van der Waals surface area contributed by atoms with Gasteiger partial charge in [0.25, 0.3) is 5.56 Å². The topological polar surface area (TPSA) is 129 Å². The first kappa shape index (κ1) is 16.6. The molecule has 138 valence electrons. The van der Waals surface area contributed by atoms with Gasteiger partial charge in [0.1, 0.15) is 5.82 Å². The lowest BCUT2D eigenvalue weighted by atomic mass is 9.91. The van der Waals surface area contributed by atoms with Crippen molar-refractivity contribution in [1.82, 2.24) is 30.3 Å². The molecule has 1 saturated heterocycles. The van der Waals surface area contributed by atoms with Gasteiger partial charge in [0, 0.05) is 37.8 Å². The Kier molecular flexibility index (Phi) is 4.09. The lowest BCUT2D eigenvalue weighted by molar-refractivity contribution is -0.122. The summed E-state index contributed by atoms with van der Waals surface area (Å²) >= 11 is 0. The van der Waals surface area contributed by atoms with Gasteiger partial charge in [-0.05, 0) is 24.7 Å². The fourth-order valence-electron chi connectivity index (χ4n) is 3.70. The largest absolute Gasteiger partial charge is 0.355 e. The highest BCUT2D eigenvalue weighted by molar-refractivity contribution is 5.76. The van der Waals surface area contributed by atoms with Crippen LogP contribution in [0.15, 0.2) is 28.0 Å². The molecule has 10 nitrogen and oxygen atoms in total. The fraction of sp³-hybridized carbons (Fsp3) is 0.562. The molecule has 1 aliphatic heterocycles. The third-order valence-corrected chi connectivity index (χ3v) is 5.10. The van der Waals surface area contributed by atoms with Crippen LogP contribution in [0.1, 0.15) is 25.7 Å². The summed E-state index contributed by atoms with van der Waals surface area (Å²) in [5, 5.41) is 10.7. The van der Waals surface area contributed by atoms with Gasteiger partial charge in [0.2, 0.25) is 5.91 Å². The molecule has 0 aromatic carbocycles. The van der Waals surface area contributed by atoms with Gasteiger partial charge in [0.15, 0.2) is 0 Å². The van der Waals surface area contributed by atoms with Gasteiger partial charge in [-0.25, -0.2) is 4.79 Å². The Balaban J connectivity index is 1.42. The quantitative estimate of drug-likeness (QED) is 0.642. The zero-order chi connectivity index (χ0) is 18.1. The van der Waals surface area contributed by atoms with Gasteiger partial charge < -0.3 is 10.2 Å². The van der Waals surface area contributed by atoms with Crippen LogP contribution in [0.3, 0.4) is 0 Å². The number of nitrogens with one attached hydrogen (secondary N) is 3. The highest BCUT2D eigenvalue weighted by atomic mass is 16.2. The second kappa shape index (κ2) is 6.43. The van der Waals surface area contributed by atoms with Gasteiger partial charge in [-0.2, -0.15) is 0 Å². The van der Waals surface area contributed by atoms with Gasteiger partial charge in [0.05, 0.1) is 12.7 Å². The van der Waals surface area contributed by atoms with E-state index in [1.165, 1.54) is 6.07 Å². The molecule has 1 amide bonds. The Labute approximate surface area is 148 Å². The number of hydrogen-bond acceptors (Lipinski definition) is 6. The van der Waals surface area contributed by atoms with E-state index in [9.17, 15) is 14.4 Å². The summed E-state index contributed by atoms with van der Waals surface area (Å²) in [5.74, 6) is 0.467. The van der Waals surface area contributed by atoms with Crippen LogP contribution < -0.4 is 21.5 Å². The maximum Gasteiger partial charge on any atom is 0.327 e. The molecule has 1 aliphatic carbocycles. The average Bonchev–Trinajstić information content (AvgIpc) is 3.11. The van der Waals surface area contributed by atoms with Crippen molar-refractivity contribution in [2.45, 2.75) is 38.3 Å². The summed E-state index contributed by atoms with van der Waals surface area (Å²) in [5.41, 5.74) is -0.773. The number of aryl methyl sites for hydroxylation is 1. The molecule has 10 heteroatoms. The lowest BCUT2D eigenvalue weighted by Crippen LogP contribution is -2.52. The number of H-pyrrole nitrogens is 2. The minimum Gasteiger partial charge on any atom is -0.355 e. The molecule has 26 heavy (non-hydrogen) atoms. The summed E-state index contributed by atoms with van der Waals surface area (Å²) in [6.45, 7) is 1.84. The Bertz CT molecular complexity index is 869. The molecule has 3 N–H and O–H groups in total. The highest BCUT2D eigenvalue weighted by Crippen LogP contribution is 2.52. The number of hydrogen-bond donors (Lipinski definition) is 3. The maximum absolute atomic E-state index is 12.3. The van der Waals surface area contributed by atoms with Crippen LogP contribution in [0.5, 0.6) is 0 Å². The summed E-state index contributed by atoms with van der Waals surface area (Å²) < 4.78 is 1.62. The van der Waals surface area contributed by atoms with Crippen molar-refractivity contribution in [1.29, 1.82) is 0 Å². The predicted molar refractivity (Wildman–Crippen MR) is 92.8 cm³/mol. The summed E-state index contributed by atoms with van der Waals surface area (Å²) in [6.07, 6.45) is 6.75. The van der Waals surface area contributed by atoms with E-state index >= 15 is 0 Å². The minimum atomic E-state index is -0.517. The molecular formula is C16H21N7O3. The monoisotopic (exact) mass is 359 g/mol. The second-order valence-electron chi connectivity index (χ2n) is 7.24. The molecule has 4 rings (SSSR count). The van der Waals surface area contributed by atoms with E-state index in [0.717, 1.165) is 25.8 Å². The molecule has 1 spiro atoms. The van der Waals surface area contributed by atoms with E-state index in [0.29, 0.717) is 25.3 Å². The van der Waals surface area contributed by atoms with Crippen LogP contribution in [-0.2, 0) is 11.3 Å². The molecule has 2 aliphatic rings. The highest BCUT2D eigenvalue weighted by Gasteiger charge is 2.49. The van der Waals surface area contributed by atoms with Crippen LogP contribution in [0.25, 0.3) is 0 Å². The number of piperidine rings is 1. The Hall–Kier alpha value is -2.91. The molecule has 2 aromatic heterocycles. The Morgan fingerprint density at radius 3 is 2.88 bits per heavy atom. The molecule has 0 bridgehead atoms. The van der Waals surface area contributed by atoms with Crippen molar-refractivity contribution >= 4 is 11.7 Å². The van der Waals surface area contributed by atoms with Crippen LogP contribution in [-0.4, -0.2) is 50.0 Å². The van der Waals surface area contributed by atoms with E-state index in [4.69, 9.17) is 0 Å². The number of carbonyl (C=O) groups is 1. The van der Waals surface area contributed by atoms with Crippen LogP contribution >= 0.6 is 0 Å². The van der Waals surface area contributed by atoms with Crippen LogP contribution in [0.4, 0.5) is 5.82 Å². The number of anilines is 1. The Morgan fingerprint density at radius 2 is 2.19 bits per heavy atom. The fourth-order valence-corrected chi connectivity index (χ4v) is 3.70. The smallest absolute Gasteiger partial charge is 0.327 e.